The summed E-state index contributed by atoms with van der Waals surface area (Å²) in [5, 5.41) is 10.9. The zero-order valence-electron chi connectivity index (χ0n) is 11.8. The van der Waals surface area contributed by atoms with Crippen LogP contribution < -0.4 is 4.74 Å². The summed E-state index contributed by atoms with van der Waals surface area (Å²) in [7, 11) is 0. The standard InChI is InChI=1S/C17H20O3/c1-13-6-7-15-12-16(9-8-14(15)11-13)20-10-4-2-3-5-17(18)19/h6-9,11-12H,2-5,10H2,1H3,(H,18,19). The zero-order chi connectivity index (χ0) is 14.4. The molecule has 0 atom stereocenters. The van der Waals surface area contributed by atoms with E-state index < -0.39 is 5.97 Å². The number of hydrogen-bond donors (Lipinski definition) is 1. The number of aliphatic carboxylic acids is 1. The molecule has 0 saturated heterocycles. The first kappa shape index (κ1) is 14.4. The summed E-state index contributed by atoms with van der Waals surface area (Å²) < 4.78 is 5.70. The Morgan fingerprint density at radius 3 is 2.60 bits per heavy atom. The topological polar surface area (TPSA) is 46.5 Å². The van der Waals surface area contributed by atoms with E-state index in [4.69, 9.17) is 9.84 Å². The Morgan fingerprint density at radius 1 is 1.05 bits per heavy atom. The van der Waals surface area contributed by atoms with Crippen molar-refractivity contribution in [3.05, 3.63) is 42.0 Å². The monoisotopic (exact) mass is 272 g/mol. The third-order valence-corrected chi connectivity index (χ3v) is 3.27. The van der Waals surface area contributed by atoms with Crippen LogP contribution in [0.3, 0.4) is 0 Å². The number of ether oxygens (including phenoxy) is 1. The number of benzene rings is 2. The van der Waals surface area contributed by atoms with Gasteiger partial charge in [-0.1, -0.05) is 29.8 Å². The molecule has 20 heavy (non-hydrogen) atoms. The summed E-state index contributed by atoms with van der Waals surface area (Å²) in [6, 6.07) is 12.5. The van der Waals surface area contributed by atoms with E-state index >= 15 is 0 Å². The van der Waals surface area contributed by atoms with Gasteiger partial charge in [0.15, 0.2) is 0 Å². The minimum atomic E-state index is -0.726. The van der Waals surface area contributed by atoms with Gasteiger partial charge in [0.1, 0.15) is 5.75 Å². The average Bonchev–Trinajstić information content (AvgIpc) is 2.42. The van der Waals surface area contributed by atoms with E-state index in [0.29, 0.717) is 6.61 Å². The smallest absolute Gasteiger partial charge is 0.303 e. The molecule has 0 heterocycles. The highest BCUT2D eigenvalue weighted by Gasteiger charge is 1.99. The van der Waals surface area contributed by atoms with Crippen LogP contribution in [0.4, 0.5) is 0 Å². The number of carbonyl (C=O) groups is 1. The fraction of sp³-hybridized carbons (Fsp3) is 0.353. The van der Waals surface area contributed by atoms with Gasteiger partial charge in [0, 0.05) is 6.42 Å². The first-order chi connectivity index (χ1) is 9.65. The summed E-state index contributed by atoms with van der Waals surface area (Å²) >= 11 is 0. The van der Waals surface area contributed by atoms with Gasteiger partial charge in [-0.25, -0.2) is 0 Å². The van der Waals surface area contributed by atoms with Gasteiger partial charge in [-0.3, -0.25) is 4.79 Å². The number of fused-ring (bicyclic) bond motifs is 1. The van der Waals surface area contributed by atoms with Crippen molar-refractivity contribution in [3.63, 3.8) is 0 Å². The minimum Gasteiger partial charge on any atom is -0.494 e. The lowest BCUT2D eigenvalue weighted by atomic mass is 10.1. The Bertz CT molecular complexity index is 590. The van der Waals surface area contributed by atoms with Crippen molar-refractivity contribution < 1.29 is 14.6 Å². The average molecular weight is 272 g/mol. The highest BCUT2D eigenvalue weighted by Crippen LogP contribution is 2.22. The zero-order valence-corrected chi connectivity index (χ0v) is 11.8. The molecule has 0 aliphatic carbocycles. The van der Waals surface area contributed by atoms with Crippen LogP contribution in [0.15, 0.2) is 36.4 Å². The second-order valence-corrected chi connectivity index (χ2v) is 5.07. The first-order valence-electron chi connectivity index (χ1n) is 7.00. The molecule has 2 aromatic rings. The normalized spacial score (nSPS) is 10.7. The van der Waals surface area contributed by atoms with Crippen LogP contribution >= 0.6 is 0 Å². The second-order valence-electron chi connectivity index (χ2n) is 5.07. The van der Waals surface area contributed by atoms with Crippen molar-refractivity contribution >= 4 is 16.7 Å². The number of carboxylic acids is 1. The third kappa shape index (κ3) is 4.26. The first-order valence-corrected chi connectivity index (χ1v) is 7.00. The highest BCUT2D eigenvalue weighted by molar-refractivity contribution is 5.84. The molecule has 2 aromatic carbocycles. The lowest BCUT2D eigenvalue weighted by Gasteiger charge is -2.07. The molecule has 0 aliphatic rings. The van der Waals surface area contributed by atoms with Gasteiger partial charge < -0.3 is 9.84 Å². The lowest BCUT2D eigenvalue weighted by Crippen LogP contribution is -1.99. The van der Waals surface area contributed by atoms with Gasteiger partial charge in [0.25, 0.3) is 0 Å². The molecule has 3 nitrogen and oxygen atoms in total. The molecule has 2 rings (SSSR count). The number of aryl methyl sites for hydroxylation is 1. The largest absolute Gasteiger partial charge is 0.494 e. The van der Waals surface area contributed by atoms with Crippen molar-refractivity contribution in [1.29, 1.82) is 0 Å². The number of rotatable bonds is 7. The molecule has 0 aromatic heterocycles. The molecule has 0 radical (unpaired) electrons. The maximum atomic E-state index is 10.4. The minimum absolute atomic E-state index is 0.245. The van der Waals surface area contributed by atoms with Crippen LogP contribution in [0.25, 0.3) is 10.8 Å². The molecule has 106 valence electrons. The quantitative estimate of drug-likeness (QED) is 0.769. The Morgan fingerprint density at radius 2 is 1.80 bits per heavy atom. The van der Waals surface area contributed by atoms with Crippen LogP contribution in [-0.4, -0.2) is 17.7 Å². The van der Waals surface area contributed by atoms with E-state index in [9.17, 15) is 4.79 Å². The van der Waals surface area contributed by atoms with Crippen LogP contribution in [0.1, 0.15) is 31.2 Å². The molecule has 0 fully saturated rings. The van der Waals surface area contributed by atoms with E-state index in [1.165, 1.54) is 16.3 Å². The fourth-order valence-electron chi connectivity index (χ4n) is 2.18. The van der Waals surface area contributed by atoms with Crippen LogP contribution in [0.2, 0.25) is 0 Å². The van der Waals surface area contributed by atoms with E-state index in [2.05, 4.69) is 31.2 Å². The van der Waals surface area contributed by atoms with Gasteiger partial charge >= 0.3 is 5.97 Å². The van der Waals surface area contributed by atoms with Gasteiger partial charge in [-0.2, -0.15) is 0 Å². The van der Waals surface area contributed by atoms with Crippen molar-refractivity contribution in [2.24, 2.45) is 0 Å². The van der Waals surface area contributed by atoms with E-state index in [1.807, 2.05) is 12.1 Å². The predicted octanol–water partition coefficient (Wildman–Crippen LogP) is 4.17. The Kier molecular flexibility index (Phi) is 4.99. The van der Waals surface area contributed by atoms with Gasteiger partial charge in [0.2, 0.25) is 0 Å². The number of unbranched alkanes of at least 4 members (excludes halogenated alkanes) is 2. The van der Waals surface area contributed by atoms with E-state index in [-0.39, 0.29) is 6.42 Å². The summed E-state index contributed by atoms with van der Waals surface area (Å²) in [6.07, 6.45) is 2.74. The molecule has 0 saturated carbocycles. The fourth-order valence-corrected chi connectivity index (χ4v) is 2.18. The molecular formula is C17H20O3. The van der Waals surface area contributed by atoms with E-state index in [1.54, 1.807) is 0 Å². The Balaban J connectivity index is 1.81. The molecule has 1 N–H and O–H groups in total. The maximum absolute atomic E-state index is 10.4. The van der Waals surface area contributed by atoms with Crippen LogP contribution in [-0.2, 0) is 4.79 Å². The van der Waals surface area contributed by atoms with Crippen molar-refractivity contribution in [1.82, 2.24) is 0 Å². The summed E-state index contributed by atoms with van der Waals surface area (Å²) in [4.78, 5) is 10.4. The Labute approximate surface area is 119 Å². The van der Waals surface area contributed by atoms with Gasteiger partial charge in [-0.15, -0.1) is 0 Å². The number of carboxylic acid groups (broad SMARTS) is 1. The molecule has 0 bridgehead atoms. The summed E-state index contributed by atoms with van der Waals surface area (Å²) in [5.41, 5.74) is 1.25. The SMILES string of the molecule is Cc1ccc2cc(OCCCCCC(=O)O)ccc2c1. The third-order valence-electron chi connectivity index (χ3n) is 3.27. The molecule has 0 spiro atoms. The van der Waals surface area contributed by atoms with Crippen molar-refractivity contribution in [2.75, 3.05) is 6.61 Å². The lowest BCUT2D eigenvalue weighted by molar-refractivity contribution is -0.137. The molecule has 0 unspecified atom stereocenters. The van der Waals surface area contributed by atoms with Gasteiger partial charge in [0.05, 0.1) is 6.61 Å². The predicted molar refractivity (Wildman–Crippen MR) is 80.3 cm³/mol. The highest BCUT2D eigenvalue weighted by atomic mass is 16.5. The Hall–Kier alpha value is -2.03. The molecule has 0 amide bonds. The molecule has 0 aliphatic heterocycles. The molecular weight excluding hydrogens is 252 g/mol. The van der Waals surface area contributed by atoms with Crippen molar-refractivity contribution in [2.45, 2.75) is 32.6 Å². The van der Waals surface area contributed by atoms with Crippen molar-refractivity contribution in [3.8, 4) is 5.75 Å². The van der Waals surface area contributed by atoms with Crippen LogP contribution in [0.5, 0.6) is 5.75 Å². The maximum Gasteiger partial charge on any atom is 0.303 e. The van der Waals surface area contributed by atoms with E-state index in [0.717, 1.165) is 25.0 Å². The summed E-state index contributed by atoms with van der Waals surface area (Å²) in [5.74, 6) is 0.148. The second kappa shape index (κ2) is 6.94. The van der Waals surface area contributed by atoms with Gasteiger partial charge in [-0.05, 0) is 49.1 Å². The number of hydrogen-bond acceptors (Lipinski definition) is 2. The summed E-state index contributed by atoms with van der Waals surface area (Å²) in [6.45, 7) is 2.72. The molecule has 3 heteroatoms. The van der Waals surface area contributed by atoms with Crippen LogP contribution in [0, 0.1) is 6.92 Å².